The topological polar surface area (TPSA) is 73.2 Å². The van der Waals surface area contributed by atoms with Crippen LogP contribution < -0.4 is 10.9 Å². The molecule has 0 bridgehead atoms. The molecule has 0 spiro atoms. The van der Waals surface area contributed by atoms with E-state index in [1.54, 1.807) is 11.5 Å². The van der Waals surface area contributed by atoms with E-state index in [4.69, 9.17) is 4.74 Å². The third-order valence-corrected chi connectivity index (χ3v) is 4.28. The highest BCUT2D eigenvalue weighted by molar-refractivity contribution is 5.78. The summed E-state index contributed by atoms with van der Waals surface area (Å²) in [5.41, 5.74) is 4.12. The lowest BCUT2D eigenvalue weighted by molar-refractivity contribution is -0.121. The molecule has 0 aliphatic heterocycles. The van der Waals surface area contributed by atoms with Crippen LogP contribution in [0.4, 0.5) is 0 Å². The second kappa shape index (κ2) is 8.76. The molecule has 1 heterocycles. The van der Waals surface area contributed by atoms with Crippen LogP contribution in [-0.2, 0) is 16.1 Å². The number of rotatable bonds is 8. The van der Waals surface area contributed by atoms with Crippen molar-refractivity contribution in [2.24, 2.45) is 0 Å². The summed E-state index contributed by atoms with van der Waals surface area (Å²) in [6.07, 6.45) is 1.05. The number of hydrogen-bond donors (Lipinski definition) is 1. The van der Waals surface area contributed by atoms with E-state index < -0.39 is 0 Å². The molecule has 1 amide bonds. The molecular weight excluding hydrogens is 318 g/mol. The van der Waals surface area contributed by atoms with Crippen molar-refractivity contribution in [3.63, 3.8) is 0 Å². The molecule has 6 nitrogen and oxygen atoms in total. The quantitative estimate of drug-likeness (QED) is 0.745. The van der Waals surface area contributed by atoms with Gasteiger partial charge in [0.05, 0.1) is 11.0 Å². The molecule has 1 aromatic heterocycles. The van der Waals surface area contributed by atoms with E-state index in [2.05, 4.69) is 10.3 Å². The average Bonchev–Trinajstić information content (AvgIpc) is 2.57. The van der Waals surface area contributed by atoms with Crippen LogP contribution in [0.1, 0.15) is 36.6 Å². The lowest BCUT2D eigenvalue weighted by Crippen LogP contribution is -2.30. The van der Waals surface area contributed by atoms with Gasteiger partial charge < -0.3 is 14.6 Å². The minimum atomic E-state index is -0.139. The van der Waals surface area contributed by atoms with Crippen molar-refractivity contribution >= 4 is 16.9 Å². The monoisotopic (exact) mass is 345 g/mol. The standard InChI is InChI=1S/C19H27N3O3/c1-5-25-10-6-8-20-18(23)7-9-22-17-12-14(3)13(2)11-16(17)21-15(4)19(22)24/h11-12H,5-10H2,1-4H3,(H,20,23). The predicted octanol–water partition coefficient (Wildman–Crippen LogP) is 2.25. The number of aryl methyl sites for hydroxylation is 4. The molecule has 0 unspecified atom stereocenters. The predicted molar refractivity (Wildman–Crippen MR) is 99.0 cm³/mol. The number of carbonyl (C=O) groups excluding carboxylic acids is 1. The van der Waals surface area contributed by atoms with Gasteiger partial charge in [0, 0.05) is 32.7 Å². The van der Waals surface area contributed by atoms with E-state index in [0.29, 0.717) is 32.0 Å². The Morgan fingerprint density at radius 1 is 1.24 bits per heavy atom. The zero-order valence-electron chi connectivity index (χ0n) is 15.5. The Hall–Kier alpha value is -2.21. The van der Waals surface area contributed by atoms with Crippen molar-refractivity contribution in [1.82, 2.24) is 14.9 Å². The molecule has 0 atom stereocenters. The van der Waals surface area contributed by atoms with Crippen LogP contribution in [0.2, 0.25) is 0 Å². The number of ether oxygens (including phenoxy) is 1. The molecule has 0 saturated carbocycles. The summed E-state index contributed by atoms with van der Waals surface area (Å²) in [5, 5.41) is 2.86. The largest absolute Gasteiger partial charge is 0.382 e. The van der Waals surface area contributed by atoms with Gasteiger partial charge in [0.25, 0.3) is 5.56 Å². The molecule has 0 saturated heterocycles. The summed E-state index contributed by atoms with van der Waals surface area (Å²) < 4.78 is 6.90. The first-order chi connectivity index (χ1) is 11.9. The zero-order valence-corrected chi connectivity index (χ0v) is 15.5. The molecule has 136 valence electrons. The smallest absolute Gasteiger partial charge is 0.272 e. The van der Waals surface area contributed by atoms with Gasteiger partial charge in [-0.05, 0) is 57.4 Å². The minimum Gasteiger partial charge on any atom is -0.382 e. The summed E-state index contributed by atoms with van der Waals surface area (Å²) >= 11 is 0. The van der Waals surface area contributed by atoms with Crippen molar-refractivity contribution in [1.29, 1.82) is 0 Å². The Morgan fingerprint density at radius 3 is 2.68 bits per heavy atom. The number of benzene rings is 1. The Morgan fingerprint density at radius 2 is 1.96 bits per heavy atom. The van der Waals surface area contributed by atoms with E-state index in [0.717, 1.165) is 28.6 Å². The Kier molecular flexibility index (Phi) is 6.70. The maximum absolute atomic E-state index is 12.5. The van der Waals surface area contributed by atoms with Gasteiger partial charge in [0.2, 0.25) is 5.91 Å². The molecule has 1 N–H and O–H groups in total. The van der Waals surface area contributed by atoms with Crippen LogP contribution in [-0.4, -0.2) is 35.2 Å². The Balaban J connectivity index is 2.10. The number of carbonyl (C=O) groups is 1. The zero-order chi connectivity index (χ0) is 18.4. The fourth-order valence-electron chi connectivity index (χ4n) is 2.69. The summed E-state index contributed by atoms with van der Waals surface area (Å²) in [4.78, 5) is 28.9. The van der Waals surface area contributed by atoms with Gasteiger partial charge in [0.1, 0.15) is 5.69 Å². The fourth-order valence-corrected chi connectivity index (χ4v) is 2.69. The lowest BCUT2D eigenvalue weighted by Gasteiger charge is -2.13. The number of hydrogen-bond acceptors (Lipinski definition) is 4. The van der Waals surface area contributed by atoms with Gasteiger partial charge in [-0.15, -0.1) is 0 Å². The highest BCUT2D eigenvalue weighted by Gasteiger charge is 2.11. The van der Waals surface area contributed by atoms with Crippen LogP contribution in [0, 0.1) is 20.8 Å². The molecular formula is C19H27N3O3. The third-order valence-electron chi connectivity index (χ3n) is 4.28. The third kappa shape index (κ3) is 4.89. The van der Waals surface area contributed by atoms with E-state index in [-0.39, 0.29) is 17.9 Å². The first kappa shape index (κ1) is 19.1. The van der Waals surface area contributed by atoms with E-state index >= 15 is 0 Å². The molecule has 2 rings (SSSR count). The molecule has 0 radical (unpaired) electrons. The van der Waals surface area contributed by atoms with Gasteiger partial charge in [-0.3, -0.25) is 9.59 Å². The molecule has 2 aromatic rings. The summed E-state index contributed by atoms with van der Waals surface area (Å²) in [6.45, 7) is 9.95. The molecule has 25 heavy (non-hydrogen) atoms. The van der Waals surface area contributed by atoms with Crippen molar-refractivity contribution in [2.45, 2.75) is 47.1 Å². The number of nitrogens with one attached hydrogen (secondary N) is 1. The first-order valence-corrected chi connectivity index (χ1v) is 8.77. The molecule has 0 aliphatic carbocycles. The van der Waals surface area contributed by atoms with Gasteiger partial charge >= 0.3 is 0 Å². The minimum absolute atomic E-state index is 0.0603. The van der Waals surface area contributed by atoms with Crippen LogP contribution in [0.25, 0.3) is 11.0 Å². The average molecular weight is 345 g/mol. The van der Waals surface area contributed by atoms with E-state index in [1.807, 2.05) is 32.9 Å². The number of aromatic nitrogens is 2. The van der Waals surface area contributed by atoms with Crippen molar-refractivity contribution < 1.29 is 9.53 Å². The summed E-state index contributed by atoms with van der Waals surface area (Å²) in [5.74, 6) is -0.0603. The summed E-state index contributed by atoms with van der Waals surface area (Å²) in [7, 11) is 0. The number of amides is 1. The van der Waals surface area contributed by atoms with Crippen molar-refractivity contribution in [3.05, 3.63) is 39.3 Å². The van der Waals surface area contributed by atoms with Crippen LogP contribution >= 0.6 is 0 Å². The molecule has 1 aromatic carbocycles. The number of fused-ring (bicyclic) bond motifs is 1. The van der Waals surface area contributed by atoms with Crippen LogP contribution in [0.5, 0.6) is 0 Å². The highest BCUT2D eigenvalue weighted by Crippen LogP contribution is 2.17. The lowest BCUT2D eigenvalue weighted by atomic mass is 10.1. The van der Waals surface area contributed by atoms with Crippen LogP contribution in [0.3, 0.4) is 0 Å². The van der Waals surface area contributed by atoms with Crippen molar-refractivity contribution in [2.75, 3.05) is 19.8 Å². The van der Waals surface area contributed by atoms with Crippen molar-refractivity contribution in [3.8, 4) is 0 Å². The van der Waals surface area contributed by atoms with Gasteiger partial charge in [0.15, 0.2) is 0 Å². The first-order valence-electron chi connectivity index (χ1n) is 8.77. The second-order valence-electron chi connectivity index (χ2n) is 6.23. The Bertz CT molecular complexity index is 812. The Labute approximate surface area is 148 Å². The van der Waals surface area contributed by atoms with Gasteiger partial charge in [-0.25, -0.2) is 4.98 Å². The number of nitrogens with zero attached hydrogens (tertiary/aromatic N) is 2. The maximum atomic E-state index is 12.5. The molecule has 0 fully saturated rings. The molecule has 6 heteroatoms. The van der Waals surface area contributed by atoms with E-state index in [1.165, 1.54) is 0 Å². The fraction of sp³-hybridized carbons (Fsp3) is 0.526. The van der Waals surface area contributed by atoms with Crippen LogP contribution in [0.15, 0.2) is 16.9 Å². The summed E-state index contributed by atoms with van der Waals surface area (Å²) in [6, 6.07) is 3.96. The van der Waals surface area contributed by atoms with Gasteiger partial charge in [-0.1, -0.05) is 0 Å². The molecule has 0 aliphatic rings. The highest BCUT2D eigenvalue weighted by atomic mass is 16.5. The van der Waals surface area contributed by atoms with E-state index in [9.17, 15) is 9.59 Å². The normalized spacial score (nSPS) is 11.0. The second-order valence-corrected chi connectivity index (χ2v) is 6.23. The maximum Gasteiger partial charge on any atom is 0.272 e. The SMILES string of the molecule is CCOCCCNC(=O)CCn1c(=O)c(C)nc2cc(C)c(C)cc21. The van der Waals surface area contributed by atoms with Gasteiger partial charge in [-0.2, -0.15) is 0 Å².